The Hall–Kier alpha value is -0.160. The van der Waals surface area contributed by atoms with Crippen molar-refractivity contribution in [3.05, 3.63) is 0 Å². The van der Waals surface area contributed by atoms with E-state index in [0.717, 1.165) is 19.3 Å². The van der Waals surface area contributed by atoms with Crippen LogP contribution in [0.25, 0.3) is 0 Å². The molecule has 4 heteroatoms. The van der Waals surface area contributed by atoms with Gasteiger partial charge in [0.1, 0.15) is 0 Å². The predicted molar refractivity (Wildman–Crippen MR) is 77.2 cm³/mol. The Bertz CT molecular complexity index is 217. The second kappa shape index (κ2) is 9.70. The van der Waals surface area contributed by atoms with Crippen molar-refractivity contribution in [3.63, 3.8) is 0 Å². The molecular weight excluding hydrogens is 242 g/mol. The summed E-state index contributed by atoms with van der Waals surface area (Å²) in [5.41, 5.74) is 0. The van der Waals surface area contributed by atoms with Crippen LogP contribution in [-0.4, -0.2) is 48.2 Å². The molecule has 0 saturated heterocycles. The highest BCUT2D eigenvalue weighted by Gasteiger charge is 2.16. The highest BCUT2D eigenvalue weighted by atomic mass is 16.5. The van der Waals surface area contributed by atoms with Crippen molar-refractivity contribution in [2.45, 2.75) is 70.6 Å². The molecule has 1 aliphatic rings. The van der Waals surface area contributed by atoms with E-state index < -0.39 is 6.10 Å². The average molecular weight is 273 g/mol. The maximum Gasteiger partial charge on any atom is 0.0897 e. The summed E-state index contributed by atoms with van der Waals surface area (Å²) < 4.78 is 5.74. The van der Waals surface area contributed by atoms with E-state index in [-0.39, 0.29) is 12.6 Å². The summed E-state index contributed by atoms with van der Waals surface area (Å²) in [6, 6.07) is 0.0735. The van der Waals surface area contributed by atoms with E-state index in [4.69, 9.17) is 4.74 Å². The maximum absolute atomic E-state index is 9.89. The fourth-order valence-electron chi connectivity index (χ4n) is 2.63. The van der Waals surface area contributed by atoms with Gasteiger partial charge in [0.2, 0.25) is 0 Å². The minimum Gasteiger partial charge on any atom is -0.395 e. The molecule has 0 heterocycles. The van der Waals surface area contributed by atoms with Gasteiger partial charge >= 0.3 is 0 Å². The van der Waals surface area contributed by atoms with Crippen LogP contribution < -0.4 is 5.32 Å². The highest BCUT2D eigenvalue weighted by molar-refractivity contribution is 4.71. The topological polar surface area (TPSA) is 61.7 Å². The molecule has 1 saturated carbocycles. The second-order valence-corrected chi connectivity index (χ2v) is 6.16. The van der Waals surface area contributed by atoms with Crippen LogP contribution in [0.4, 0.5) is 0 Å². The zero-order valence-electron chi connectivity index (χ0n) is 12.5. The third kappa shape index (κ3) is 7.88. The lowest BCUT2D eigenvalue weighted by Gasteiger charge is -2.24. The summed E-state index contributed by atoms with van der Waals surface area (Å²) in [7, 11) is 0. The van der Waals surface area contributed by atoms with Crippen molar-refractivity contribution in [1.29, 1.82) is 0 Å². The van der Waals surface area contributed by atoms with Gasteiger partial charge < -0.3 is 20.3 Å². The molecule has 3 N–H and O–H groups in total. The molecule has 0 radical (unpaired) electrons. The van der Waals surface area contributed by atoms with Crippen LogP contribution in [-0.2, 0) is 4.74 Å². The number of rotatable bonds is 9. The molecule has 0 spiro atoms. The summed E-state index contributed by atoms with van der Waals surface area (Å²) >= 11 is 0. The SMILES string of the molecule is CC(C)CC(CO)NCC(O)COC1CCCCC1. The van der Waals surface area contributed by atoms with Crippen LogP contribution in [0.3, 0.4) is 0 Å². The zero-order chi connectivity index (χ0) is 14.1. The highest BCUT2D eigenvalue weighted by Crippen LogP contribution is 2.20. The molecule has 0 aliphatic heterocycles. The Morgan fingerprint density at radius 3 is 2.47 bits per heavy atom. The fourth-order valence-corrected chi connectivity index (χ4v) is 2.63. The largest absolute Gasteiger partial charge is 0.395 e. The Kier molecular flexibility index (Phi) is 8.62. The third-order valence-electron chi connectivity index (χ3n) is 3.69. The van der Waals surface area contributed by atoms with E-state index in [1.54, 1.807) is 0 Å². The van der Waals surface area contributed by atoms with Gasteiger partial charge in [0, 0.05) is 12.6 Å². The van der Waals surface area contributed by atoms with Gasteiger partial charge in [-0.3, -0.25) is 0 Å². The smallest absolute Gasteiger partial charge is 0.0897 e. The van der Waals surface area contributed by atoms with Gasteiger partial charge in [-0.15, -0.1) is 0 Å². The minimum absolute atomic E-state index is 0.0735. The van der Waals surface area contributed by atoms with Gasteiger partial charge in [0.15, 0.2) is 0 Å². The summed E-state index contributed by atoms with van der Waals surface area (Å²) in [5.74, 6) is 0.542. The maximum atomic E-state index is 9.89. The first kappa shape index (κ1) is 16.9. The van der Waals surface area contributed by atoms with Crippen LogP contribution in [0.5, 0.6) is 0 Å². The Morgan fingerprint density at radius 2 is 1.89 bits per heavy atom. The molecule has 1 fully saturated rings. The van der Waals surface area contributed by atoms with Crippen LogP contribution in [0.1, 0.15) is 52.4 Å². The number of hydrogen-bond donors (Lipinski definition) is 3. The lowest BCUT2D eigenvalue weighted by molar-refractivity contribution is -0.0241. The Morgan fingerprint density at radius 1 is 1.21 bits per heavy atom. The first-order valence-electron chi connectivity index (χ1n) is 7.75. The molecule has 2 unspecified atom stereocenters. The molecule has 114 valence electrons. The van der Waals surface area contributed by atoms with Crippen molar-refractivity contribution in [1.82, 2.24) is 5.32 Å². The summed E-state index contributed by atoms with van der Waals surface area (Å²) in [4.78, 5) is 0. The van der Waals surface area contributed by atoms with Crippen molar-refractivity contribution >= 4 is 0 Å². The second-order valence-electron chi connectivity index (χ2n) is 6.16. The molecule has 0 aromatic heterocycles. The molecular formula is C15H31NO3. The van der Waals surface area contributed by atoms with Crippen molar-refractivity contribution < 1.29 is 14.9 Å². The minimum atomic E-state index is -0.483. The standard InChI is InChI=1S/C15H31NO3/c1-12(2)8-13(10-17)16-9-14(18)11-19-15-6-4-3-5-7-15/h12-18H,3-11H2,1-2H3. The van der Waals surface area contributed by atoms with Crippen molar-refractivity contribution in [2.24, 2.45) is 5.92 Å². The van der Waals surface area contributed by atoms with Crippen LogP contribution in [0, 0.1) is 5.92 Å². The number of nitrogens with one attached hydrogen (secondary N) is 1. The van der Waals surface area contributed by atoms with E-state index in [9.17, 15) is 10.2 Å². The summed E-state index contributed by atoms with van der Waals surface area (Å²) in [6.45, 7) is 5.27. The van der Waals surface area contributed by atoms with Crippen LogP contribution >= 0.6 is 0 Å². The molecule has 1 rings (SSSR count). The third-order valence-corrected chi connectivity index (χ3v) is 3.69. The Labute approximate surface area is 117 Å². The monoisotopic (exact) mass is 273 g/mol. The number of hydrogen-bond acceptors (Lipinski definition) is 4. The zero-order valence-corrected chi connectivity index (χ0v) is 12.5. The van der Waals surface area contributed by atoms with Crippen molar-refractivity contribution in [3.8, 4) is 0 Å². The Balaban J connectivity index is 2.10. The average Bonchev–Trinajstić information content (AvgIpc) is 2.42. The van der Waals surface area contributed by atoms with Crippen LogP contribution in [0.2, 0.25) is 0 Å². The van der Waals surface area contributed by atoms with E-state index >= 15 is 0 Å². The summed E-state index contributed by atoms with van der Waals surface area (Å²) in [6.07, 6.45) is 6.86. The van der Waals surface area contributed by atoms with Gasteiger partial charge in [-0.2, -0.15) is 0 Å². The molecule has 19 heavy (non-hydrogen) atoms. The number of aliphatic hydroxyl groups is 2. The lowest BCUT2D eigenvalue weighted by Crippen LogP contribution is -2.40. The van der Waals surface area contributed by atoms with E-state index in [1.165, 1.54) is 19.3 Å². The fraction of sp³-hybridized carbons (Fsp3) is 1.00. The van der Waals surface area contributed by atoms with Gasteiger partial charge in [-0.1, -0.05) is 33.1 Å². The van der Waals surface area contributed by atoms with Crippen LogP contribution in [0.15, 0.2) is 0 Å². The molecule has 2 atom stereocenters. The molecule has 0 amide bonds. The first-order valence-corrected chi connectivity index (χ1v) is 7.75. The molecule has 0 aromatic carbocycles. The van der Waals surface area contributed by atoms with Gasteiger partial charge in [0.25, 0.3) is 0 Å². The molecule has 1 aliphatic carbocycles. The molecule has 0 bridgehead atoms. The predicted octanol–water partition coefficient (Wildman–Crippen LogP) is 1.69. The van der Waals surface area contributed by atoms with E-state index in [1.807, 2.05) is 0 Å². The molecule has 0 aromatic rings. The van der Waals surface area contributed by atoms with Gasteiger partial charge in [-0.25, -0.2) is 0 Å². The quantitative estimate of drug-likeness (QED) is 0.598. The normalized spacial score (nSPS) is 20.7. The van der Waals surface area contributed by atoms with Gasteiger partial charge in [-0.05, 0) is 25.2 Å². The van der Waals surface area contributed by atoms with Gasteiger partial charge in [0.05, 0.1) is 25.4 Å². The summed E-state index contributed by atoms with van der Waals surface area (Å²) in [5, 5.41) is 22.3. The number of ether oxygens (including phenoxy) is 1. The molecule has 4 nitrogen and oxygen atoms in total. The lowest BCUT2D eigenvalue weighted by atomic mass is 9.98. The number of aliphatic hydroxyl groups excluding tert-OH is 2. The van der Waals surface area contributed by atoms with E-state index in [0.29, 0.717) is 25.2 Å². The van der Waals surface area contributed by atoms with Crippen molar-refractivity contribution in [2.75, 3.05) is 19.8 Å². The van der Waals surface area contributed by atoms with E-state index in [2.05, 4.69) is 19.2 Å². The first-order chi connectivity index (χ1) is 9.11.